The zero-order valence-electron chi connectivity index (χ0n) is 13.0. The number of carbonyl (C=O) groups excluding carboxylic acids is 2. The molecule has 0 saturated carbocycles. The Morgan fingerprint density at radius 2 is 2.00 bits per heavy atom. The highest BCUT2D eigenvalue weighted by molar-refractivity contribution is 5.89. The predicted octanol–water partition coefficient (Wildman–Crippen LogP) is 2.49. The number of ether oxygens (including phenoxy) is 2. The lowest BCUT2D eigenvalue weighted by Gasteiger charge is -2.18. The lowest BCUT2D eigenvalue weighted by Crippen LogP contribution is -2.32. The smallest absolute Gasteiger partial charge is 0.408 e. The molecule has 0 atom stereocenters. The van der Waals surface area contributed by atoms with Crippen LogP contribution in [-0.4, -0.2) is 31.3 Å². The van der Waals surface area contributed by atoms with Crippen LogP contribution < -0.4 is 5.32 Å². The number of amides is 1. The molecule has 0 unspecified atom stereocenters. The van der Waals surface area contributed by atoms with Gasteiger partial charge < -0.3 is 14.8 Å². The highest BCUT2D eigenvalue weighted by atomic mass is 19.1. The van der Waals surface area contributed by atoms with Gasteiger partial charge in [0.2, 0.25) is 0 Å². The summed E-state index contributed by atoms with van der Waals surface area (Å²) in [6, 6.07) is 3.85. The molecule has 6 heteroatoms. The van der Waals surface area contributed by atoms with Crippen molar-refractivity contribution in [3.63, 3.8) is 0 Å². The topological polar surface area (TPSA) is 64.6 Å². The first-order valence-electron chi connectivity index (χ1n) is 6.56. The lowest BCUT2D eigenvalue weighted by atomic mass is 10.1. The number of nitrogens with one attached hydrogen (secondary N) is 1. The molecule has 1 aromatic carbocycles. The number of halogens is 1. The van der Waals surface area contributed by atoms with Crippen LogP contribution >= 0.6 is 0 Å². The van der Waals surface area contributed by atoms with Gasteiger partial charge in [-0.2, -0.15) is 0 Å². The number of hydrogen-bond donors (Lipinski definition) is 1. The Hall–Kier alpha value is -2.55. The molecular formula is C16H18FNO4. The summed E-state index contributed by atoms with van der Waals surface area (Å²) in [6.07, 6.45) is -0.594. The van der Waals surface area contributed by atoms with E-state index in [9.17, 15) is 14.0 Å². The minimum Gasteiger partial charge on any atom is -0.465 e. The molecule has 0 aliphatic heterocycles. The number of rotatable bonds is 2. The van der Waals surface area contributed by atoms with Crippen LogP contribution in [-0.2, 0) is 9.47 Å². The van der Waals surface area contributed by atoms with E-state index in [-0.39, 0.29) is 17.7 Å². The van der Waals surface area contributed by atoms with Crippen molar-refractivity contribution in [2.45, 2.75) is 26.4 Å². The second kappa shape index (κ2) is 7.46. The highest BCUT2D eigenvalue weighted by Gasteiger charge is 2.15. The fourth-order valence-electron chi connectivity index (χ4n) is 1.43. The minimum absolute atomic E-state index is 0.0209. The summed E-state index contributed by atoms with van der Waals surface area (Å²) in [7, 11) is 1.22. The van der Waals surface area contributed by atoms with Crippen molar-refractivity contribution >= 4 is 12.1 Å². The van der Waals surface area contributed by atoms with Crippen molar-refractivity contribution in [2.75, 3.05) is 13.7 Å². The number of carbonyl (C=O) groups is 2. The van der Waals surface area contributed by atoms with Gasteiger partial charge in [-0.05, 0) is 39.0 Å². The zero-order chi connectivity index (χ0) is 16.8. The van der Waals surface area contributed by atoms with Crippen LogP contribution in [0.2, 0.25) is 0 Å². The second-order valence-electron chi connectivity index (χ2n) is 5.34. The quantitative estimate of drug-likeness (QED) is 0.673. The van der Waals surface area contributed by atoms with E-state index in [1.54, 1.807) is 20.8 Å². The molecular weight excluding hydrogens is 289 g/mol. The Bertz CT molecular complexity index is 623. The molecule has 0 bridgehead atoms. The largest absolute Gasteiger partial charge is 0.465 e. The van der Waals surface area contributed by atoms with E-state index in [4.69, 9.17) is 4.74 Å². The SMILES string of the molecule is COC(=O)c1ccc(C#CCNC(=O)OC(C)(C)C)c(F)c1. The zero-order valence-corrected chi connectivity index (χ0v) is 13.0. The highest BCUT2D eigenvalue weighted by Crippen LogP contribution is 2.10. The molecule has 1 amide bonds. The maximum atomic E-state index is 13.7. The van der Waals surface area contributed by atoms with Crippen LogP contribution in [0.1, 0.15) is 36.7 Å². The first-order valence-corrected chi connectivity index (χ1v) is 6.56. The average Bonchev–Trinajstić information content (AvgIpc) is 2.42. The van der Waals surface area contributed by atoms with E-state index >= 15 is 0 Å². The molecule has 1 N–H and O–H groups in total. The van der Waals surface area contributed by atoms with Gasteiger partial charge in [0, 0.05) is 0 Å². The van der Waals surface area contributed by atoms with Crippen LogP contribution in [0.25, 0.3) is 0 Å². The summed E-state index contributed by atoms with van der Waals surface area (Å²) in [5, 5.41) is 2.44. The maximum absolute atomic E-state index is 13.7. The van der Waals surface area contributed by atoms with E-state index in [1.165, 1.54) is 19.2 Å². The van der Waals surface area contributed by atoms with Gasteiger partial charge >= 0.3 is 12.1 Å². The molecule has 1 rings (SSSR count). The summed E-state index contributed by atoms with van der Waals surface area (Å²) in [5.74, 6) is 3.92. The summed E-state index contributed by atoms with van der Waals surface area (Å²) < 4.78 is 23.3. The van der Waals surface area contributed by atoms with Crippen LogP contribution in [0.5, 0.6) is 0 Å². The van der Waals surface area contributed by atoms with E-state index in [0.717, 1.165) is 6.07 Å². The summed E-state index contributed by atoms with van der Waals surface area (Å²) >= 11 is 0. The Labute approximate surface area is 128 Å². The van der Waals surface area contributed by atoms with Crippen molar-refractivity contribution < 1.29 is 23.5 Å². The van der Waals surface area contributed by atoms with E-state index in [0.29, 0.717) is 0 Å². The van der Waals surface area contributed by atoms with Gasteiger partial charge in [-0.15, -0.1) is 0 Å². The molecule has 5 nitrogen and oxygen atoms in total. The number of alkyl carbamates (subject to hydrolysis) is 1. The first kappa shape index (κ1) is 17.5. The number of esters is 1. The van der Waals surface area contributed by atoms with Gasteiger partial charge in [0.05, 0.1) is 24.8 Å². The maximum Gasteiger partial charge on any atom is 0.408 e. The van der Waals surface area contributed by atoms with E-state index in [2.05, 4.69) is 21.9 Å². The van der Waals surface area contributed by atoms with Crippen molar-refractivity contribution in [1.82, 2.24) is 5.32 Å². The molecule has 0 aromatic heterocycles. The molecule has 118 valence electrons. The predicted molar refractivity (Wildman–Crippen MR) is 78.9 cm³/mol. The minimum atomic E-state index is -0.632. The number of methoxy groups -OCH3 is 1. The van der Waals surface area contributed by atoms with Gasteiger partial charge in [-0.25, -0.2) is 14.0 Å². The Morgan fingerprint density at radius 3 is 2.55 bits per heavy atom. The third-order valence-electron chi connectivity index (χ3n) is 2.33. The molecule has 22 heavy (non-hydrogen) atoms. The van der Waals surface area contributed by atoms with E-state index in [1.807, 2.05) is 0 Å². The monoisotopic (exact) mass is 307 g/mol. The fourth-order valence-corrected chi connectivity index (χ4v) is 1.43. The normalized spacial score (nSPS) is 10.2. The molecule has 0 aliphatic rings. The van der Waals surface area contributed by atoms with Crippen LogP contribution in [0.4, 0.5) is 9.18 Å². The third-order valence-corrected chi connectivity index (χ3v) is 2.33. The number of hydrogen-bond acceptors (Lipinski definition) is 4. The molecule has 0 fully saturated rings. The van der Waals surface area contributed by atoms with Gasteiger partial charge in [-0.3, -0.25) is 0 Å². The standard InChI is InChI=1S/C16H18FNO4/c1-16(2,3)22-15(20)18-9-5-6-11-7-8-12(10-13(11)17)14(19)21-4/h7-8,10H,9H2,1-4H3,(H,18,20). The summed E-state index contributed by atoms with van der Waals surface area (Å²) in [5.41, 5.74) is -0.357. The van der Waals surface area contributed by atoms with Crippen LogP contribution in [0.3, 0.4) is 0 Å². The number of benzene rings is 1. The molecule has 0 saturated heterocycles. The summed E-state index contributed by atoms with van der Waals surface area (Å²) in [6.45, 7) is 5.26. The summed E-state index contributed by atoms with van der Waals surface area (Å²) in [4.78, 5) is 22.6. The lowest BCUT2D eigenvalue weighted by molar-refractivity contribution is 0.0533. The van der Waals surface area contributed by atoms with E-state index < -0.39 is 23.5 Å². The molecule has 0 spiro atoms. The van der Waals surface area contributed by atoms with Crippen molar-refractivity contribution in [2.24, 2.45) is 0 Å². The van der Waals surface area contributed by atoms with Crippen LogP contribution in [0, 0.1) is 17.7 Å². The van der Waals surface area contributed by atoms with Crippen molar-refractivity contribution in [3.8, 4) is 11.8 Å². The molecule has 1 aromatic rings. The van der Waals surface area contributed by atoms with Gasteiger partial charge in [0.25, 0.3) is 0 Å². The average molecular weight is 307 g/mol. The van der Waals surface area contributed by atoms with Crippen molar-refractivity contribution in [1.29, 1.82) is 0 Å². The van der Waals surface area contributed by atoms with Gasteiger partial charge in [-0.1, -0.05) is 11.8 Å². The Kier molecular flexibility index (Phi) is 5.93. The Balaban J connectivity index is 2.62. The molecule has 0 radical (unpaired) electrons. The molecule has 0 heterocycles. The first-order chi connectivity index (χ1) is 10.2. The second-order valence-corrected chi connectivity index (χ2v) is 5.34. The Morgan fingerprint density at radius 1 is 1.32 bits per heavy atom. The van der Waals surface area contributed by atoms with Crippen LogP contribution in [0.15, 0.2) is 18.2 Å². The van der Waals surface area contributed by atoms with Gasteiger partial charge in [0.15, 0.2) is 0 Å². The third kappa shape index (κ3) is 5.83. The fraction of sp³-hybridized carbons (Fsp3) is 0.375. The van der Waals surface area contributed by atoms with Crippen molar-refractivity contribution in [3.05, 3.63) is 35.1 Å². The molecule has 0 aliphatic carbocycles. The van der Waals surface area contributed by atoms with Gasteiger partial charge in [0.1, 0.15) is 11.4 Å².